The van der Waals surface area contributed by atoms with E-state index in [2.05, 4.69) is 24.0 Å². The molecule has 1 N–H and O–H groups in total. The van der Waals surface area contributed by atoms with Crippen LogP contribution in [0.5, 0.6) is 0 Å². The second kappa shape index (κ2) is 4.84. The molecule has 2 aliphatic carbocycles. The predicted octanol–water partition coefficient (Wildman–Crippen LogP) is 3.82. The number of nitrogens with zero attached hydrogens (tertiary/aromatic N) is 2. The van der Waals surface area contributed by atoms with Crippen LogP contribution in [0.4, 0.5) is 4.39 Å². The molecule has 2 aromatic rings. The van der Waals surface area contributed by atoms with Crippen molar-refractivity contribution in [3.05, 3.63) is 47.4 Å². The van der Waals surface area contributed by atoms with E-state index >= 15 is 0 Å². The monoisotopic (exact) mass is 312 g/mol. The Kier molecular flexibility index (Phi) is 3.11. The fourth-order valence-corrected chi connectivity index (χ4v) is 4.98. The molecule has 1 aromatic carbocycles. The smallest absolute Gasteiger partial charge is 0.132 e. The van der Waals surface area contributed by atoms with Gasteiger partial charge in [-0.1, -0.05) is 26.0 Å². The molecule has 23 heavy (non-hydrogen) atoms. The Balaban J connectivity index is 1.87. The first-order chi connectivity index (χ1) is 11.0. The number of rotatable bonds is 3. The van der Waals surface area contributed by atoms with Crippen LogP contribution in [0.3, 0.4) is 0 Å². The molecule has 2 aliphatic rings. The van der Waals surface area contributed by atoms with Crippen LogP contribution in [0.15, 0.2) is 30.3 Å². The Bertz CT molecular complexity index is 774. The van der Waals surface area contributed by atoms with Crippen LogP contribution in [0, 0.1) is 11.2 Å². The van der Waals surface area contributed by atoms with E-state index in [0.717, 1.165) is 25.0 Å². The first kappa shape index (κ1) is 14.8. The first-order valence-electron chi connectivity index (χ1n) is 8.25. The molecule has 2 atom stereocenters. The third-order valence-electron chi connectivity index (χ3n) is 6.30. The van der Waals surface area contributed by atoms with Gasteiger partial charge in [-0.15, -0.1) is 0 Å². The highest BCUT2D eigenvalue weighted by Gasteiger charge is 2.62. The van der Waals surface area contributed by atoms with E-state index in [1.54, 1.807) is 12.1 Å². The van der Waals surface area contributed by atoms with Crippen molar-refractivity contribution in [1.29, 1.82) is 0 Å². The highest BCUT2D eigenvalue weighted by molar-refractivity contribution is 5.62. The zero-order chi connectivity index (χ0) is 16.2. The van der Waals surface area contributed by atoms with E-state index in [4.69, 9.17) is 0 Å². The molecule has 1 aromatic heterocycles. The minimum atomic E-state index is -0.269. The number of benzene rings is 1. The largest absolute Gasteiger partial charge is 0.396 e. The minimum absolute atomic E-state index is 0.0561. The van der Waals surface area contributed by atoms with Gasteiger partial charge in [-0.05, 0) is 54.4 Å². The van der Waals surface area contributed by atoms with Gasteiger partial charge in [-0.2, -0.15) is 10.2 Å². The number of hydrogen-bond acceptors (Lipinski definition) is 3. The molecular weight excluding hydrogens is 291 g/mol. The van der Waals surface area contributed by atoms with Crippen molar-refractivity contribution in [2.24, 2.45) is 5.41 Å². The van der Waals surface area contributed by atoms with Crippen LogP contribution < -0.4 is 0 Å². The van der Waals surface area contributed by atoms with Gasteiger partial charge in [0.1, 0.15) is 5.82 Å². The van der Waals surface area contributed by atoms with Crippen molar-refractivity contribution in [1.82, 2.24) is 10.2 Å². The summed E-state index contributed by atoms with van der Waals surface area (Å²) in [5, 5.41) is 18.4. The molecule has 1 saturated carbocycles. The lowest BCUT2D eigenvalue weighted by Gasteiger charge is -2.37. The Morgan fingerprint density at radius 3 is 2.78 bits per heavy atom. The average molecular weight is 312 g/mol. The SMILES string of the molecule is CC1(C)C2CCC1(CCO)c1nnc(-c3ccccc3F)cc12. The normalized spacial score (nSPS) is 27.2. The fourth-order valence-electron chi connectivity index (χ4n) is 4.98. The molecule has 3 nitrogen and oxygen atoms in total. The van der Waals surface area contributed by atoms with Gasteiger partial charge in [-0.25, -0.2) is 4.39 Å². The molecule has 4 rings (SSSR count). The summed E-state index contributed by atoms with van der Waals surface area (Å²) < 4.78 is 14.1. The van der Waals surface area contributed by atoms with Crippen LogP contribution in [0.25, 0.3) is 11.3 Å². The lowest BCUT2D eigenvalue weighted by molar-refractivity contribution is 0.150. The molecule has 1 fully saturated rings. The van der Waals surface area contributed by atoms with Crippen LogP contribution in [-0.2, 0) is 5.41 Å². The number of aromatic nitrogens is 2. The van der Waals surface area contributed by atoms with Gasteiger partial charge < -0.3 is 5.11 Å². The Labute approximate surface area is 135 Å². The van der Waals surface area contributed by atoms with Crippen LogP contribution >= 0.6 is 0 Å². The molecule has 0 saturated heterocycles. The van der Waals surface area contributed by atoms with Gasteiger partial charge in [0.25, 0.3) is 0 Å². The molecule has 0 aliphatic heterocycles. The average Bonchev–Trinajstić information content (AvgIpc) is 2.89. The molecular formula is C19H21FN2O. The predicted molar refractivity (Wildman–Crippen MR) is 86.6 cm³/mol. The number of fused-ring (bicyclic) bond motifs is 5. The number of halogens is 1. The van der Waals surface area contributed by atoms with E-state index < -0.39 is 0 Å². The third kappa shape index (κ3) is 1.78. The molecule has 0 radical (unpaired) electrons. The van der Waals surface area contributed by atoms with Gasteiger partial charge in [-0.3, -0.25) is 0 Å². The van der Waals surface area contributed by atoms with Gasteiger partial charge in [0, 0.05) is 17.6 Å². The number of aliphatic hydroxyl groups is 1. The summed E-state index contributed by atoms with van der Waals surface area (Å²) >= 11 is 0. The minimum Gasteiger partial charge on any atom is -0.396 e. The first-order valence-corrected chi connectivity index (χ1v) is 8.25. The molecule has 2 bridgehead atoms. The Hall–Kier alpha value is -1.81. The maximum atomic E-state index is 14.1. The standard InChI is InChI=1S/C19H21FN2O/c1-18(2)14-7-8-19(18,9-10-23)17-13(14)11-16(21-22-17)12-5-3-4-6-15(12)20/h3-6,11,14,23H,7-10H2,1-2H3. The van der Waals surface area contributed by atoms with Crippen molar-refractivity contribution < 1.29 is 9.50 Å². The molecule has 0 amide bonds. The highest BCUT2D eigenvalue weighted by Crippen LogP contribution is 2.68. The maximum absolute atomic E-state index is 14.1. The van der Waals surface area contributed by atoms with Gasteiger partial charge in [0.05, 0.1) is 11.4 Å². The van der Waals surface area contributed by atoms with E-state index in [0.29, 0.717) is 17.2 Å². The van der Waals surface area contributed by atoms with Gasteiger partial charge in [0.15, 0.2) is 0 Å². The van der Waals surface area contributed by atoms with Gasteiger partial charge in [0.2, 0.25) is 0 Å². The van der Waals surface area contributed by atoms with E-state index in [1.165, 1.54) is 11.6 Å². The Morgan fingerprint density at radius 1 is 1.26 bits per heavy atom. The summed E-state index contributed by atoms with van der Waals surface area (Å²) in [5.74, 6) is 0.138. The number of hydrogen-bond donors (Lipinski definition) is 1. The second-order valence-corrected chi connectivity index (χ2v) is 7.38. The zero-order valence-electron chi connectivity index (χ0n) is 13.5. The van der Waals surface area contributed by atoms with Crippen molar-refractivity contribution in [3.63, 3.8) is 0 Å². The molecule has 0 spiro atoms. The molecule has 120 valence electrons. The molecule has 1 heterocycles. The lowest BCUT2D eigenvalue weighted by Crippen LogP contribution is -2.36. The molecule has 4 heteroatoms. The summed E-state index contributed by atoms with van der Waals surface area (Å²) in [6.45, 7) is 4.70. The quantitative estimate of drug-likeness (QED) is 0.937. The van der Waals surface area contributed by atoms with E-state index in [-0.39, 0.29) is 23.3 Å². The topological polar surface area (TPSA) is 46.0 Å². The highest BCUT2D eigenvalue weighted by atomic mass is 19.1. The van der Waals surface area contributed by atoms with Crippen molar-refractivity contribution in [2.75, 3.05) is 6.61 Å². The van der Waals surface area contributed by atoms with Crippen molar-refractivity contribution >= 4 is 0 Å². The van der Waals surface area contributed by atoms with Crippen LogP contribution in [-0.4, -0.2) is 21.9 Å². The Morgan fingerprint density at radius 2 is 2.04 bits per heavy atom. The fraction of sp³-hybridized carbons (Fsp3) is 0.474. The summed E-state index contributed by atoms with van der Waals surface area (Å²) in [4.78, 5) is 0. The zero-order valence-corrected chi connectivity index (χ0v) is 13.5. The second-order valence-electron chi connectivity index (χ2n) is 7.38. The van der Waals surface area contributed by atoms with E-state index in [9.17, 15) is 9.50 Å². The third-order valence-corrected chi connectivity index (χ3v) is 6.30. The lowest BCUT2D eigenvalue weighted by atomic mass is 9.66. The van der Waals surface area contributed by atoms with E-state index in [1.807, 2.05) is 12.1 Å². The summed E-state index contributed by atoms with van der Waals surface area (Å²) in [7, 11) is 0. The molecule has 2 unspecified atom stereocenters. The van der Waals surface area contributed by atoms with Crippen LogP contribution in [0.1, 0.15) is 50.3 Å². The van der Waals surface area contributed by atoms with Crippen molar-refractivity contribution in [3.8, 4) is 11.3 Å². The van der Waals surface area contributed by atoms with Crippen molar-refractivity contribution in [2.45, 2.75) is 44.4 Å². The summed E-state index contributed by atoms with van der Waals surface area (Å²) in [5.41, 5.74) is 3.28. The maximum Gasteiger partial charge on any atom is 0.132 e. The number of aliphatic hydroxyl groups excluding tert-OH is 1. The van der Waals surface area contributed by atoms with Gasteiger partial charge >= 0.3 is 0 Å². The van der Waals surface area contributed by atoms with Crippen LogP contribution in [0.2, 0.25) is 0 Å². The summed E-state index contributed by atoms with van der Waals surface area (Å²) in [6, 6.07) is 8.71. The summed E-state index contributed by atoms with van der Waals surface area (Å²) in [6.07, 6.45) is 2.87.